The van der Waals surface area contributed by atoms with Gasteiger partial charge in [-0.25, -0.2) is 0 Å². The number of carbonyl (C=O) groups excluding carboxylic acids is 5. The van der Waals surface area contributed by atoms with Gasteiger partial charge in [-0.3, -0.25) is 28.9 Å². The Morgan fingerprint density at radius 2 is 1.33 bits per heavy atom. The minimum atomic E-state index is -0.491. The van der Waals surface area contributed by atoms with Crippen LogP contribution in [0.3, 0.4) is 0 Å². The van der Waals surface area contributed by atoms with Crippen molar-refractivity contribution in [2.45, 2.75) is 31.8 Å². The lowest BCUT2D eigenvalue weighted by atomic mass is 10.0. The van der Waals surface area contributed by atoms with Gasteiger partial charge in [0.05, 0.1) is 35.0 Å². The molecule has 1 aliphatic carbocycles. The average Bonchev–Trinajstić information content (AvgIpc) is 3.68. The van der Waals surface area contributed by atoms with Crippen LogP contribution in [0.1, 0.15) is 55.9 Å². The monoisotopic (exact) mass is 648 g/mol. The molecule has 0 bridgehead atoms. The van der Waals surface area contributed by atoms with Gasteiger partial charge in [0.25, 0.3) is 17.7 Å². The zero-order chi connectivity index (χ0) is 33.6. The van der Waals surface area contributed by atoms with Gasteiger partial charge in [-0.2, -0.15) is 0 Å². The van der Waals surface area contributed by atoms with E-state index in [-0.39, 0.29) is 29.5 Å². The fourth-order valence-corrected chi connectivity index (χ4v) is 7.42. The molecule has 1 saturated carbocycles. The third kappa shape index (κ3) is 5.33. The molecule has 0 spiro atoms. The first-order valence-corrected chi connectivity index (χ1v) is 16.4. The maximum atomic E-state index is 14.2. The Bertz CT molecular complexity index is 2140. The Morgan fingerprint density at radius 3 is 2.06 bits per heavy atom. The van der Waals surface area contributed by atoms with E-state index in [4.69, 9.17) is 0 Å². The summed E-state index contributed by atoms with van der Waals surface area (Å²) in [6.45, 7) is -0.150. The van der Waals surface area contributed by atoms with E-state index in [1.165, 1.54) is 0 Å². The normalized spacial score (nSPS) is 18.3. The molecule has 1 fully saturated rings. The molecule has 3 aliphatic rings. The molecule has 0 radical (unpaired) electrons. The summed E-state index contributed by atoms with van der Waals surface area (Å²) < 4.78 is 0. The van der Waals surface area contributed by atoms with Crippen LogP contribution in [-0.4, -0.2) is 47.0 Å². The minimum absolute atomic E-state index is 0.0698. The molecular formula is C40H32N4O5. The van der Waals surface area contributed by atoms with Crippen molar-refractivity contribution >= 4 is 57.4 Å². The fraction of sp³-hybridized carbons (Fsp3) is 0.175. The summed E-state index contributed by atoms with van der Waals surface area (Å²) in [6.07, 6.45) is 2.04. The number of anilines is 3. The van der Waals surface area contributed by atoms with E-state index in [9.17, 15) is 24.0 Å². The standard InChI is InChI=1S/C40H32N4O5/c45-36(24-43-38(47)30-10-3-4-11-31(30)39(43)48)44-33-15-7-12-32(33)40(49)42(34-13-5-6-14-35(34)44)23-25-16-20-29(21-17-25)41-37(46)28-19-18-26-8-1-2-9-27(26)22-28/h1-6,8-11,13-14,16-22,32-33H,7,12,15,23-24H2,(H,41,46)/t32-,33+/m0/s1. The van der Waals surface area contributed by atoms with E-state index in [2.05, 4.69) is 5.32 Å². The quantitative estimate of drug-likeness (QED) is 0.214. The number of nitrogens with zero attached hydrogens (tertiary/aromatic N) is 3. The van der Waals surface area contributed by atoms with Crippen LogP contribution in [0.5, 0.6) is 0 Å². The number of imide groups is 1. The molecule has 5 aromatic carbocycles. The molecule has 2 heterocycles. The van der Waals surface area contributed by atoms with Gasteiger partial charge < -0.3 is 15.1 Å². The van der Waals surface area contributed by atoms with Gasteiger partial charge in [-0.05, 0) is 77.7 Å². The molecule has 9 heteroatoms. The van der Waals surface area contributed by atoms with Crippen LogP contribution in [0.15, 0.2) is 115 Å². The Hall–Kier alpha value is -6.09. The Labute approximate surface area is 282 Å². The first-order chi connectivity index (χ1) is 23.9. The molecule has 2 atom stereocenters. The van der Waals surface area contributed by atoms with Gasteiger partial charge in [-0.15, -0.1) is 0 Å². The molecule has 2 aliphatic heterocycles. The number of benzene rings is 5. The van der Waals surface area contributed by atoms with Gasteiger partial charge in [0.2, 0.25) is 11.8 Å². The van der Waals surface area contributed by atoms with Crippen LogP contribution in [0, 0.1) is 5.92 Å². The lowest BCUT2D eigenvalue weighted by Gasteiger charge is -2.31. The van der Waals surface area contributed by atoms with Crippen molar-refractivity contribution in [1.82, 2.24) is 4.90 Å². The molecule has 0 saturated heterocycles. The molecule has 49 heavy (non-hydrogen) atoms. The summed E-state index contributed by atoms with van der Waals surface area (Å²) >= 11 is 0. The summed E-state index contributed by atoms with van der Waals surface area (Å²) in [5.74, 6) is -2.10. The third-order valence-electron chi connectivity index (χ3n) is 9.83. The maximum Gasteiger partial charge on any atom is 0.262 e. The van der Waals surface area contributed by atoms with Gasteiger partial charge in [0.1, 0.15) is 6.54 Å². The highest BCUT2D eigenvalue weighted by Gasteiger charge is 2.47. The van der Waals surface area contributed by atoms with Crippen LogP contribution in [0.4, 0.5) is 17.1 Å². The first kappa shape index (κ1) is 30.3. The molecule has 242 valence electrons. The van der Waals surface area contributed by atoms with Gasteiger partial charge in [0.15, 0.2) is 0 Å². The van der Waals surface area contributed by atoms with Crippen LogP contribution in [-0.2, 0) is 16.1 Å². The van der Waals surface area contributed by atoms with Crippen molar-refractivity contribution < 1.29 is 24.0 Å². The highest BCUT2D eigenvalue weighted by Crippen LogP contribution is 2.43. The van der Waals surface area contributed by atoms with E-state index in [1.54, 1.807) is 40.1 Å². The number of hydrogen-bond donors (Lipinski definition) is 1. The van der Waals surface area contributed by atoms with Crippen molar-refractivity contribution in [2.75, 3.05) is 21.7 Å². The van der Waals surface area contributed by atoms with E-state index in [0.29, 0.717) is 35.5 Å². The van der Waals surface area contributed by atoms with Crippen molar-refractivity contribution in [3.63, 3.8) is 0 Å². The van der Waals surface area contributed by atoms with Gasteiger partial charge >= 0.3 is 0 Å². The van der Waals surface area contributed by atoms with Crippen LogP contribution >= 0.6 is 0 Å². The topological polar surface area (TPSA) is 107 Å². The molecule has 5 amide bonds. The Kier molecular flexibility index (Phi) is 7.52. The number of rotatable bonds is 6. The second kappa shape index (κ2) is 12.2. The molecule has 8 rings (SSSR count). The zero-order valence-corrected chi connectivity index (χ0v) is 26.5. The molecule has 9 nitrogen and oxygen atoms in total. The maximum absolute atomic E-state index is 14.2. The minimum Gasteiger partial charge on any atom is -0.322 e. The Morgan fingerprint density at radius 1 is 0.673 bits per heavy atom. The number of fused-ring (bicyclic) bond motifs is 4. The molecule has 5 aromatic rings. The third-order valence-corrected chi connectivity index (χ3v) is 9.83. The Balaban J connectivity index is 1.04. The number of amides is 5. The summed E-state index contributed by atoms with van der Waals surface area (Å²) in [7, 11) is 0. The number of hydrogen-bond acceptors (Lipinski definition) is 5. The second-order valence-corrected chi connectivity index (χ2v) is 12.7. The smallest absolute Gasteiger partial charge is 0.262 e. The van der Waals surface area contributed by atoms with Gasteiger partial charge in [0, 0.05) is 17.3 Å². The van der Waals surface area contributed by atoms with E-state index >= 15 is 0 Å². The van der Waals surface area contributed by atoms with E-state index in [0.717, 1.165) is 27.7 Å². The van der Waals surface area contributed by atoms with Crippen LogP contribution < -0.4 is 15.1 Å². The van der Waals surface area contributed by atoms with Crippen LogP contribution in [0.2, 0.25) is 0 Å². The summed E-state index contributed by atoms with van der Waals surface area (Å²) in [5.41, 5.74) is 3.78. The highest BCUT2D eigenvalue weighted by molar-refractivity contribution is 6.23. The number of carbonyl (C=O) groups is 5. The summed E-state index contributed by atoms with van der Waals surface area (Å²) in [5, 5.41) is 5.01. The van der Waals surface area contributed by atoms with E-state index < -0.39 is 36.2 Å². The largest absolute Gasteiger partial charge is 0.322 e. The fourth-order valence-electron chi connectivity index (χ4n) is 7.42. The van der Waals surface area contributed by atoms with Crippen molar-refractivity contribution in [3.05, 3.63) is 138 Å². The SMILES string of the molecule is O=C(Nc1ccc(CN2C(=O)[C@H]3CCC[C@H]3N(C(=O)CN3C(=O)c4ccccc4C3=O)c3ccccc32)cc1)c1ccc2ccccc2c1. The zero-order valence-electron chi connectivity index (χ0n) is 26.5. The number of nitrogens with one attached hydrogen (secondary N) is 1. The molecule has 0 unspecified atom stereocenters. The predicted molar refractivity (Wildman–Crippen MR) is 186 cm³/mol. The van der Waals surface area contributed by atoms with Gasteiger partial charge in [-0.1, -0.05) is 73.2 Å². The van der Waals surface area contributed by atoms with Crippen molar-refractivity contribution in [1.29, 1.82) is 0 Å². The van der Waals surface area contributed by atoms with E-state index in [1.807, 2.05) is 84.9 Å². The number of para-hydroxylation sites is 2. The average molecular weight is 649 g/mol. The second-order valence-electron chi connectivity index (χ2n) is 12.7. The predicted octanol–water partition coefficient (Wildman–Crippen LogP) is 6.44. The lowest BCUT2D eigenvalue weighted by molar-refractivity contribution is -0.123. The lowest BCUT2D eigenvalue weighted by Crippen LogP contribution is -2.49. The van der Waals surface area contributed by atoms with Crippen LogP contribution in [0.25, 0.3) is 10.8 Å². The first-order valence-electron chi connectivity index (χ1n) is 16.4. The molecular weight excluding hydrogens is 616 g/mol. The van der Waals surface area contributed by atoms with Crippen molar-refractivity contribution in [3.8, 4) is 0 Å². The summed E-state index contributed by atoms with van der Waals surface area (Å²) in [4.78, 5) is 72.0. The molecule has 0 aromatic heterocycles. The summed E-state index contributed by atoms with van der Waals surface area (Å²) in [6, 6.07) is 34.4. The highest BCUT2D eigenvalue weighted by atomic mass is 16.2. The molecule has 1 N–H and O–H groups in total. The van der Waals surface area contributed by atoms with Crippen molar-refractivity contribution in [2.24, 2.45) is 5.92 Å².